The van der Waals surface area contributed by atoms with Gasteiger partial charge in [-0.25, -0.2) is 4.98 Å². The van der Waals surface area contributed by atoms with Crippen molar-refractivity contribution in [2.75, 3.05) is 18.0 Å². The second-order valence-corrected chi connectivity index (χ2v) is 12.0. The average molecular weight is 579 g/mol. The normalized spacial score (nSPS) is 19.2. The third-order valence-corrected chi connectivity index (χ3v) is 9.62. The summed E-state index contributed by atoms with van der Waals surface area (Å²) >= 11 is 0.558. The van der Waals surface area contributed by atoms with E-state index >= 15 is 0 Å². The van der Waals surface area contributed by atoms with Crippen LogP contribution in [-0.4, -0.2) is 50.3 Å². The van der Waals surface area contributed by atoms with Gasteiger partial charge in [0.25, 0.3) is 0 Å². The first-order valence-electron chi connectivity index (χ1n) is 13.4. The number of likely N-dealkylation sites (tertiary alicyclic amines) is 1. The van der Waals surface area contributed by atoms with Gasteiger partial charge in [0.05, 0.1) is 40.0 Å². The SMILES string of the molecule is NC1(C(=O)N2CCC3(CC2)C(=O)N(Cc2ncc4ccccc4c2-c2cnc(C(F)(F)F)s2)c2cnccc23)CC1. The van der Waals surface area contributed by atoms with Crippen molar-refractivity contribution in [3.63, 3.8) is 0 Å². The molecule has 8 nitrogen and oxygen atoms in total. The van der Waals surface area contributed by atoms with Gasteiger partial charge in [0.2, 0.25) is 11.8 Å². The largest absolute Gasteiger partial charge is 0.443 e. The summed E-state index contributed by atoms with van der Waals surface area (Å²) in [5.41, 5.74) is 7.05. The summed E-state index contributed by atoms with van der Waals surface area (Å²) in [4.78, 5) is 43.4. The van der Waals surface area contributed by atoms with Crippen LogP contribution in [0.5, 0.6) is 0 Å². The molecule has 1 aliphatic carbocycles. The van der Waals surface area contributed by atoms with Crippen LogP contribution in [0.4, 0.5) is 18.9 Å². The maximum atomic E-state index is 14.3. The predicted octanol–water partition coefficient (Wildman–Crippen LogP) is 4.67. The summed E-state index contributed by atoms with van der Waals surface area (Å²) in [5, 5.41) is 0.555. The predicted molar refractivity (Wildman–Crippen MR) is 147 cm³/mol. The van der Waals surface area contributed by atoms with E-state index in [4.69, 9.17) is 5.73 Å². The van der Waals surface area contributed by atoms with Crippen LogP contribution in [0.1, 0.15) is 41.9 Å². The number of thiazole rings is 1. The number of fused-ring (bicyclic) bond motifs is 3. The van der Waals surface area contributed by atoms with Gasteiger partial charge in [0.15, 0.2) is 5.01 Å². The Kier molecular flexibility index (Phi) is 5.75. The minimum absolute atomic E-state index is 0.0489. The third kappa shape index (κ3) is 4.11. The van der Waals surface area contributed by atoms with Gasteiger partial charge in [-0.1, -0.05) is 24.3 Å². The monoisotopic (exact) mass is 578 g/mol. The zero-order valence-corrected chi connectivity index (χ0v) is 22.6. The molecule has 41 heavy (non-hydrogen) atoms. The molecule has 4 aromatic rings. The van der Waals surface area contributed by atoms with E-state index in [0.717, 1.165) is 16.3 Å². The van der Waals surface area contributed by atoms with Gasteiger partial charge in [-0.3, -0.25) is 19.6 Å². The van der Waals surface area contributed by atoms with Crippen molar-refractivity contribution in [2.45, 2.75) is 49.4 Å². The molecule has 7 rings (SSSR count). The van der Waals surface area contributed by atoms with Crippen molar-refractivity contribution >= 4 is 39.6 Å². The zero-order valence-electron chi connectivity index (χ0n) is 21.8. The molecule has 1 aromatic carbocycles. The lowest BCUT2D eigenvalue weighted by atomic mass is 9.74. The summed E-state index contributed by atoms with van der Waals surface area (Å²) in [6.45, 7) is 0.882. The minimum atomic E-state index is -4.57. The van der Waals surface area contributed by atoms with Gasteiger partial charge < -0.3 is 15.5 Å². The number of halogens is 3. The Morgan fingerprint density at radius 2 is 1.78 bits per heavy atom. The van der Waals surface area contributed by atoms with Crippen molar-refractivity contribution in [1.82, 2.24) is 19.9 Å². The number of hydrogen-bond acceptors (Lipinski definition) is 7. The summed E-state index contributed by atoms with van der Waals surface area (Å²) < 4.78 is 40.4. The number of carbonyl (C=O) groups excluding carboxylic acids is 2. The highest BCUT2D eigenvalue weighted by Crippen LogP contribution is 2.49. The molecule has 0 radical (unpaired) electrons. The zero-order chi connectivity index (χ0) is 28.6. The molecule has 5 heterocycles. The van der Waals surface area contributed by atoms with E-state index in [0.29, 0.717) is 71.9 Å². The highest BCUT2D eigenvalue weighted by Gasteiger charge is 2.55. The number of anilines is 1. The molecule has 1 saturated carbocycles. The number of carbonyl (C=O) groups is 2. The molecule has 2 aliphatic heterocycles. The van der Waals surface area contributed by atoms with Crippen LogP contribution in [0.15, 0.2) is 55.1 Å². The van der Waals surface area contributed by atoms with E-state index in [1.54, 1.807) is 28.4 Å². The molecule has 3 aromatic heterocycles. The molecule has 0 bridgehead atoms. The Labute approximate surface area is 237 Å². The van der Waals surface area contributed by atoms with E-state index in [1.165, 1.54) is 6.20 Å². The van der Waals surface area contributed by atoms with Gasteiger partial charge >= 0.3 is 6.18 Å². The van der Waals surface area contributed by atoms with Crippen LogP contribution in [0.2, 0.25) is 0 Å². The maximum Gasteiger partial charge on any atom is 0.443 e. The fourth-order valence-electron chi connectivity index (χ4n) is 6.15. The molecule has 12 heteroatoms. The van der Waals surface area contributed by atoms with Crippen LogP contribution >= 0.6 is 11.3 Å². The standard InChI is InChI=1S/C29H25F3N6O2S/c30-29(31,32)24-36-15-22(41-24)23-18-4-2-1-3-17(18)13-35-20(23)16-38-21-14-34-10-5-19(21)27(25(38)39)8-11-37(12-9-27)26(40)28(33)6-7-28/h1-5,10,13-15H,6-9,11-12,16,33H2. The maximum absolute atomic E-state index is 14.3. The number of alkyl halides is 3. The number of hydrogen-bond donors (Lipinski definition) is 1. The second-order valence-electron chi connectivity index (χ2n) is 11.0. The quantitative estimate of drug-likeness (QED) is 0.378. The van der Waals surface area contributed by atoms with Crippen molar-refractivity contribution in [3.8, 4) is 10.4 Å². The van der Waals surface area contributed by atoms with E-state index < -0.39 is 22.1 Å². The molecule has 1 spiro atoms. The van der Waals surface area contributed by atoms with Crippen molar-refractivity contribution in [2.24, 2.45) is 5.73 Å². The molecular weight excluding hydrogens is 553 g/mol. The van der Waals surface area contributed by atoms with Crippen molar-refractivity contribution < 1.29 is 22.8 Å². The first-order chi connectivity index (χ1) is 19.6. The number of benzene rings is 1. The smallest absolute Gasteiger partial charge is 0.341 e. The molecule has 0 unspecified atom stereocenters. The lowest BCUT2D eigenvalue weighted by Gasteiger charge is -2.39. The molecule has 2 fully saturated rings. The Morgan fingerprint density at radius 3 is 2.49 bits per heavy atom. The molecule has 210 valence electrons. The van der Waals surface area contributed by atoms with E-state index in [9.17, 15) is 22.8 Å². The Hall–Kier alpha value is -3.90. The summed E-state index contributed by atoms with van der Waals surface area (Å²) in [7, 11) is 0. The van der Waals surface area contributed by atoms with Crippen LogP contribution in [-0.2, 0) is 27.7 Å². The van der Waals surface area contributed by atoms with Crippen LogP contribution < -0.4 is 10.6 Å². The van der Waals surface area contributed by atoms with Gasteiger partial charge in [0, 0.05) is 42.6 Å². The molecule has 3 aliphatic rings. The lowest BCUT2D eigenvalue weighted by molar-refractivity contribution is -0.138. The molecule has 0 atom stereocenters. The third-order valence-electron chi connectivity index (χ3n) is 8.56. The first kappa shape index (κ1) is 26.0. The van der Waals surface area contributed by atoms with E-state index in [2.05, 4.69) is 15.0 Å². The Bertz CT molecular complexity index is 1710. The number of amides is 2. The highest BCUT2D eigenvalue weighted by molar-refractivity contribution is 7.15. The van der Waals surface area contributed by atoms with Gasteiger partial charge in [-0.05, 0) is 42.7 Å². The van der Waals surface area contributed by atoms with E-state index in [1.807, 2.05) is 30.3 Å². The minimum Gasteiger partial charge on any atom is -0.341 e. The van der Waals surface area contributed by atoms with Gasteiger partial charge in [-0.15, -0.1) is 11.3 Å². The fourth-order valence-corrected chi connectivity index (χ4v) is 7.02. The first-order valence-corrected chi connectivity index (χ1v) is 14.2. The summed E-state index contributed by atoms with van der Waals surface area (Å²) in [5.74, 6) is -0.180. The lowest BCUT2D eigenvalue weighted by Crippen LogP contribution is -2.54. The molecular formula is C29H25F3N6O2S. The van der Waals surface area contributed by atoms with E-state index in [-0.39, 0.29) is 18.4 Å². The number of piperidine rings is 1. The number of nitrogens with two attached hydrogens (primary N) is 1. The highest BCUT2D eigenvalue weighted by atomic mass is 32.1. The number of nitrogens with zero attached hydrogens (tertiary/aromatic N) is 5. The number of pyridine rings is 2. The second kappa shape index (κ2) is 9.05. The Balaban J connectivity index is 1.26. The number of aromatic nitrogens is 3. The van der Waals surface area contributed by atoms with Gasteiger partial charge in [-0.2, -0.15) is 13.2 Å². The fraction of sp³-hybridized carbons (Fsp3) is 0.345. The van der Waals surface area contributed by atoms with Crippen molar-refractivity contribution in [1.29, 1.82) is 0 Å². The Morgan fingerprint density at radius 1 is 1.02 bits per heavy atom. The van der Waals surface area contributed by atoms with Crippen molar-refractivity contribution in [3.05, 3.63) is 71.4 Å². The van der Waals surface area contributed by atoms with Crippen LogP contribution in [0, 0.1) is 0 Å². The molecule has 2 N–H and O–H groups in total. The average Bonchev–Trinajstić information content (AvgIpc) is 3.44. The summed E-state index contributed by atoms with van der Waals surface area (Å²) in [6.07, 6.45) is 3.89. The van der Waals surface area contributed by atoms with Gasteiger partial charge in [0.1, 0.15) is 0 Å². The molecule has 2 amide bonds. The van der Waals surface area contributed by atoms with Crippen LogP contribution in [0.3, 0.4) is 0 Å². The van der Waals surface area contributed by atoms with Crippen LogP contribution in [0.25, 0.3) is 21.2 Å². The number of rotatable bonds is 4. The molecule has 1 saturated heterocycles. The topological polar surface area (TPSA) is 105 Å². The summed E-state index contributed by atoms with van der Waals surface area (Å²) in [6, 6.07) is 9.19.